The molecule has 9 heteroatoms. The van der Waals surface area contributed by atoms with Crippen molar-refractivity contribution in [3.8, 4) is 0 Å². The molecule has 0 spiro atoms. The SMILES string of the molecule is Cl.Cl.Cn1nc(C2CCN(C(=O)C3C=CCN3)CC2)n(Cc2ccccc2)c1=O. The number of piperidine rings is 1. The first kappa shape index (κ1) is 23.2. The van der Waals surface area contributed by atoms with Crippen LogP contribution in [0.2, 0.25) is 0 Å². The van der Waals surface area contributed by atoms with E-state index in [0.29, 0.717) is 19.6 Å². The number of rotatable bonds is 4. The van der Waals surface area contributed by atoms with Crippen molar-refractivity contribution in [2.45, 2.75) is 31.3 Å². The van der Waals surface area contributed by atoms with Gasteiger partial charge in [0.25, 0.3) is 0 Å². The molecule has 2 aliphatic rings. The standard InChI is InChI=1S/C20H25N5O2.2ClH/c1-23-20(27)25(14-15-6-3-2-4-7-15)18(22-23)16-9-12-24(13-10-16)19(26)17-8-5-11-21-17;;/h2-8,16-17,21H,9-14H2,1H3;2*1H. The van der Waals surface area contributed by atoms with Gasteiger partial charge in [0, 0.05) is 32.6 Å². The molecule has 1 saturated heterocycles. The molecule has 1 amide bonds. The zero-order valence-electron chi connectivity index (χ0n) is 16.4. The molecule has 1 aromatic carbocycles. The molecule has 0 aliphatic carbocycles. The third-order valence-electron chi connectivity index (χ3n) is 5.44. The molecular formula is C20H27Cl2N5O2. The van der Waals surface area contributed by atoms with Crippen molar-refractivity contribution in [3.63, 3.8) is 0 Å². The minimum Gasteiger partial charge on any atom is -0.341 e. The highest BCUT2D eigenvalue weighted by Crippen LogP contribution is 2.27. The Bertz CT molecular complexity index is 901. The normalized spacial score (nSPS) is 18.9. The van der Waals surface area contributed by atoms with Gasteiger partial charge in [-0.05, 0) is 18.4 Å². The van der Waals surface area contributed by atoms with E-state index in [-0.39, 0.29) is 48.4 Å². The maximum Gasteiger partial charge on any atom is 0.345 e. The van der Waals surface area contributed by atoms with Gasteiger partial charge in [0.2, 0.25) is 5.91 Å². The van der Waals surface area contributed by atoms with Crippen LogP contribution < -0.4 is 11.0 Å². The predicted molar refractivity (Wildman–Crippen MR) is 117 cm³/mol. The van der Waals surface area contributed by atoms with Crippen molar-refractivity contribution in [1.82, 2.24) is 24.6 Å². The number of benzene rings is 1. The highest BCUT2D eigenvalue weighted by Gasteiger charge is 2.31. The summed E-state index contributed by atoms with van der Waals surface area (Å²) in [5.41, 5.74) is 0.994. The molecule has 1 atom stereocenters. The average molecular weight is 440 g/mol. The smallest absolute Gasteiger partial charge is 0.341 e. The molecule has 7 nitrogen and oxygen atoms in total. The number of hydrogen-bond donors (Lipinski definition) is 1. The average Bonchev–Trinajstić information content (AvgIpc) is 3.33. The second-order valence-electron chi connectivity index (χ2n) is 7.25. The number of amides is 1. The summed E-state index contributed by atoms with van der Waals surface area (Å²) in [5, 5.41) is 7.70. The van der Waals surface area contributed by atoms with Gasteiger partial charge in [-0.2, -0.15) is 5.10 Å². The fourth-order valence-electron chi connectivity index (χ4n) is 3.93. The summed E-state index contributed by atoms with van der Waals surface area (Å²) in [5.74, 6) is 1.17. The summed E-state index contributed by atoms with van der Waals surface area (Å²) in [7, 11) is 1.70. The summed E-state index contributed by atoms with van der Waals surface area (Å²) in [4.78, 5) is 27.0. The van der Waals surface area contributed by atoms with Crippen LogP contribution >= 0.6 is 24.8 Å². The number of carbonyl (C=O) groups excluding carboxylic acids is 1. The molecule has 1 aromatic heterocycles. The zero-order chi connectivity index (χ0) is 18.8. The van der Waals surface area contributed by atoms with E-state index >= 15 is 0 Å². The molecule has 158 valence electrons. The highest BCUT2D eigenvalue weighted by atomic mass is 35.5. The van der Waals surface area contributed by atoms with Crippen molar-refractivity contribution in [3.05, 3.63) is 64.4 Å². The third-order valence-corrected chi connectivity index (χ3v) is 5.44. The lowest BCUT2D eigenvalue weighted by Crippen LogP contribution is -2.46. The summed E-state index contributed by atoms with van der Waals surface area (Å²) < 4.78 is 3.20. The molecular weight excluding hydrogens is 413 g/mol. The van der Waals surface area contributed by atoms with Gasteiger partial charge in [0.1, 0.15) is 11.9 Å². The number of aromatic nitrogens is 3. The Labute approximate surface area is 182 Å². The monoisotopic (exact) mass is 439 g/mol. The Kier molecular flexibility index (Phi) is 8.07. The molecule has 0 radical (unpaired) electrons. The van der Waals surface area contributed by atoms with E-state index in [1.165, 1.54) is 4.68 Å². The first-order valence-electron chi connectivity index (χ1n) is 9.50. The summed E-state index contributed by atoms with van der Waals surface area (Å²) in [6, 6.07) is 9.78. The molecule has 2 aliphatic heterocycles. The number of aryl methyl sites for hydroxylation is 1. The predicted octanol–water partition coefficient (Wildman–Crippen LogP) is 1.71. The molecule has 4 rings (SSSR count). The second-order valence-corrected chi connectivity index (χ2v) is 7.25. The number of nitrogens with zero attached hydrogens (tertiary/aromatic N) is 4. The largest absolute Gasteiger partial charge is 0.345 e. The van der Waals surface area contributed by atoms with Gasteiger partial charge >= 0.3 is 5.69 Å². The van der Waals surface area contributed by atoms with Gasteiger partial charge < -0.3 is 4.90 Å². The van der Waals surface area contributed by atoms with Crippen LogP contribution in [0.15, 0.2) is 47.3 Å². The van der Waals surface area contributed by atoms with Crippen LogP contribution in [0, 0.1) is 0 Å². The third kappa shape index (κ3) is 4.91. The maximum atomic E-state index is 12.6. The molecule has 1 unspecified atom stereocenters. The van der Waals surface area contributed by atoms with Crippen molar-refractivity contribution in [2.75, 3.05) is 19.6 Å². The fourth-order valence-corrected chi connectivity index (χ4v) is 3.93. The second kappa shape index (κ2) is 10.1. The molecule has 29 heavy (non-hydrogen) atoms. The summed E-state index contributed by atoms with van der Waals surface area (Å²) in [6.45, 7) is 2.68. The first-order chi connectivity index (χ1) is 13.1. The Hall–Kier alpha value is -2.09. The van der Waals surface area contributed by atoms with Crippen LogP contribution in [-0.4, -0.2) is 50.8 Å². The topological polar surface area (TPSA) is 72.2 Å². The Balaban J connectivity index is 0.00000150. The summed E-state index contributed by atoms with van der Waals surface area (Å²) in [6.07, 6.45) is 5.58. The van der Waals surface area contributed by atoms with Gasteiger partial charge in [0.15, 0.2) is 0 Å². The van der Waals surface area contributed by atoms with Gasteiger partial charge in [0.05, 0.1) is 6.54 Å². The van der Waals surface area contributed by atoms with E-state index in [1.807, 2.05) is 47.4 Å². The Morgan fingerprint density at radius 3 is 2.48 bits per heavy atom. The highest BCUT2D eigenvalue weighted by molar-refractivity contribution is 5.85. The molecule has 0 saturated carbocycles. The van der Waals surface area contributed by atoms with E-state index < -0.39 is 0 Å². The Morgan fingerprint density at radius 2 is 1.86 bits per heavy atom. The van der Waals surface area contributed by atoms with Crippen molar-refractivity contribution >= 4 is 30.7 Å². The van der Waals surface area contributed by atoms with E-state index in [9.17, 15) is 9.59 Å². The molecule has 3 heterocycles. The van der Waals surface area contributed by atoms with Crippen molar-refractivity contribution in [2.24, 2.45) is 7.05 Å². The minimum absolute atomic E-state index is 0. The number of likely N-dealkylation sites (tertiary alicyclic amines) is 1. The molecule has 1 fully saturated rings. The van der Waals surface area contributed by atoms with E-state index in [1.54, 1.807) is 11.6 Å². The van der Waals surface area contributed by atoms with Crippen LogP contribution in [0.1, 0.15) is 30.1 Å². The van der Waals surface area contributed by atoms with E-state index in [2.05, 4.69) is 10.4 Å². The van der Waals surface area contributed by atoms with Gasteiger partial charge in [-0.3, -0.25) is 14.7 Å². The molecule has 1 N–H and O–H groups in total. The summed E-state index contributed by atoms with van der Waals surface area (Å²) >= 11 is 0. The van der Waals surface area contributed by atoms with Gasteiger partial charge in [-0.1, -0.05) is 42.5 Å². The number of halogens is 2. The van der Waals surface area contributed by atoms with Crippen molar-refractivity contribution < 1.29 is 4.79 Å². The van der Waals surface area contributed by atoms with Gasteiger partial charge in [-0.15, -0.1) is 24.8 Å². The van der Waals surface area contributed by atoms with E-state index in [4.69, 9.17) is 0 Å². The van der Waals surface area contributed by atoms with Crippen LogP contribution in [0.4, 0.5) is 0 Å². The number of carbonyl (C=O) groups is 1. The first-order valence-corrected chi connectivity index (χ1v) is 9.50. The lowest BCUT2D eigenvalue weighted by atomic mass is 9.95. The van der Waals surface area contributed by atoms with Crippen molar-refractivity contribution in [1.29, 1.82) is 0 Å². The van der Waals surface area contributed by atoms with E-state index in [0.717, 1.165) is 30.8 Å². The molecule has 0 bridgehead atoms. The fraction of sp³-hybridized carbons (Fsp3) is 0.450. The maximum absolute atomic E-state index is 12.6. The number of hydrogen-bond acceptors (Lipinski definition) is 4. The van der Waals surface area contributed by atoms with Crippen LogP contribution in [-0.2, 0) is 18.4 Å². The lowest BCUT2D eigenvalue weighted by molar-refractivity contribution is -0.133. The molecule has 2 aromatic rings. The van der Waals surface area contributed by atoms with Crippen LogP contribution in [0.3, 0.4) is 0 Å². The van der Waals surface area contributed by atoms with Crippen LogP contribution in [0.5, 0.6) is 0 Å². The lowest BCUT2D eigenvalue weighted by Gasteiger charge is -2.33. The Morgan fingerprint density at radius 1 is 1.17 bits per heavy atom. The number of nitrogens with one attached hydrogen (secondary N) is 1. The minimum atomic E-state index is -0.187. The van der Waals surface area contributed by atoms with Crippen LogP contribution in [0.25, 0.3) is 0 Å². The quantitative estimate of drug-likeness (QED) is 0.735. The van der Waals surface area contributed by atoms with Gasteiger partial charge in [-0.25, -0.2) is 9.48 Å². The zero-order valence-corrected chi connectivity index (χ0v) is 18.0.